The molecule has 3 aromatic carbocycles. The van der Waals surface area contributed by atoms with Gasteiger partial charge in [-0.15, -0.1) is 28.5 Å². The zero-order valence-corrected chi connectivity index (χ0v) is 14.5. The first-order chi connectivity index (χ1) is 6.84. The minimum atomic E-state index is 0. The summed E-state index contributed by atoms with van der Waals surface area (Å²) >= 11 is 0. The standard InChI is InChI=1S/C14H11.2ClH.Hf/c1-10-8-12-7-6-11-4-2-3-5-13(11)14(12)9-10;;;/h2-9H,1H3;2*1H;/q-1;;;/p-2. The number of hydrogen-bond acceptors (Lipinski definition) is 0. The van der Waals surface area contributed by atoms with Gasteiger partial charge in [0.25, 0.3) is 0 Å². The molecule has 17 heavy (non-hydrogen) atoms. The summed E-state index contributed by atoms with van der Waals surface area (Å²) in [7, 11) is 0. The van der Waals surface area contributed by atoms with Crippen LogP contribution in [0.2, 0.25) is 0 Å². The molecule has 0 heterocycles. The Hall–Kier alpha value is -0.240. The maximum Gasteiger partial charge on any atom is 0 e. The van der Waals surface area contributed by atoms with Crippen molar-refractivity contribution in [2.24, 2.45) is 0 Å². The number of benzene rings is 2. The average molecular weight is 429 g/mol. The monoisotopic (exact) mass is 429 g/mol. The maximum atomic E-state index is 2.26. The third-order valence-electron chi connectivity index (χ3n) is 2.76. The van der Waals surface area contributed by atoms with E-state index in [1.165, 1.54) is 27.1 Å². The van der Waals surface area contributed by atoms with Crippen LogP contribution in [-0.2, 0) is 25.8 Å². The molecule has 0 amide bonds. The van der Waals surface area contributed by atoms with E-state index < -0.39 is 0 Å². The van der Waals surface area contributed by atoms with E-state index in [9.17, 15) is 0 Å². The summed E-state index contributed by atoms with van der Waals surface area (Å²) in [6.07, 6.45) is 0. The predicted octanol–water partition coefficient (Wildman–Crippen LogP) is -1.97. The van der Waals surface area contributed by atoms with Gasteiger partial charge in [0.15, 0.2) is 0 Å². The van der Waals surface area contributed by atoms with E-state index in [0.717, 1.165) is 0 Å². The molecule has 3 rings (SSSR count). The van der Waals surface area contributed by atoms with Crippen LogP contribution in [0, 0.1) is 6.92 Å². The minimum absolute atomic E-state index is 0. The first kappa shape index (κ1) is 16.8. The van der Waals surface area contributed by atoms with Crippen LogP contribution in [-0.4, -0.2) is 0 Å². The predicted molar refractivity (Wildman–Crippen MR) is 61.8 cm³/mol. The fraction of sp³-hybridized carbons (Fsp3) is 0.0714. The van der Waals surface area contributed by atoms with Crippen molar-refractivity contribution in [2.45, 2.75) is 6.92 Å². The molecule has 0 spiro atoms. The second-order valence-electron chi connectivity index (χ2n) is 3.82. The number of hydrogen-bond donors (Lipinski definition) is 0. The van der Waals surface area contributed by atoms with E-state index in [1.807, 2.05) is 0 Å². The number of halogens is 2. The zero-order chi connectivity index (χ0) is 9.54. The second kappa shape index (κ2) is 6.63. The van der Waals surface area contributed by atoms with Crippen molar-refractivity contribution in [3.05, 3.63) is 54.1 Å². The van der Waals surface area contributed by atoms with Crippen molar-refractivity contribution in [2.75, 3.05) is 0 Å². The Morgan fingerprint density at radius 1 is 0.882 bits per heavy atom. The van der Waals surface area contributed by atoms with Crippen molar-refractivity contribution >= 4 is 21.5 Å². The van der Waals surface area contributed by atoms with Crippen LogP contribution in [0.15, 0.2) is 48.5 Å². The Morgan fingerprint density at radius 2 is 1.53 bits per heavy atom. The summed E-state index contributed by atoms with van der Waals surface area (Å²) in [6.45, 7) is 2.15. The first-order valence-electron chi connectivity index (χ1n) is 4.89. The number of fused-ring (bicyclic) bond motifs is 3. The van der Waals surface area contributed by atoms with Gasteiger partial charge in [-0.2, -0.15) is 6.07 Å². The molecule has 3 heteroatoms. The van der Waals surface area contributed by atoms with E-state index in [2.05, 4.69) is 55.5 Å². The average Bonchev–Trinajstić information content (AvgIpc) is 2.59. The zero-order valence-electron chi connectivity index (χ0n) is 9.37. The Morgan fingerprint density at radius 3 is 2.29 bits per heavy atom. The van der Waals surface area contributed by atoms with Gasteiger partial charge in [0, 0.05) is 25.8 Å². The molecule has 0 bridgehead atoms. The fourth-order valence-corrected chi connectivity index (χ4v) is 2.11. The van der Waals surface area contributed by atoms with Gasteiger partial charge in [0.05, 0.1) is 0 Å². The van der Waals surface area contributed by atoms with Gasteiger partial charge in [-0.25, -0.2) is 0 Å². The van der Waals surface area contributed by atoms with Crippen LogP contribution in [0.4, 0.5) is 0 Å². The van der Waals surface area contributed by atoms with Crippen molar-refractivity contribution in [3.63, 3.8) is 0 Å². The molecule has 0 aliphatic rings. The normalized spacial score (nSPS) is 9.24. The third kappa shape index (κ3) is 2.96. The number of aryl methyl sites for hydroxylation is 1. The van der Waals surface area contributed by atoms with Crippen molar-refractivity contribution in [1.29, 1.82) is 0 Å². The maximum absolute atomic E-state index is 2.26. The van der Waals surface area contributed by atoms with Crippen LogP contribution in [0.3, 0.4) is 0 Å². The van der Waals surface area contributed by atoms with Crippen molar-refractivity contribution < 1.29 is 50.7 Å². The van der Waals surface area contributed by atoms with E-state index in [-0.39, 0.29) is 50.7 Å². The third-order valence-corrected chi connectivity index (χ3v) is 2.76. The van der Waals surface area contributed by atoms with Gasteiger partial charge in [0.2, 0.25) is 0 Å². The minimum Gasteiger partial charge on any atom is -1.00 e. The van der Waals surface area contributed by atoms with Crippen LogP contribution in [0.1, 0.15) is 5.56 Å². The van der Waals surface area contributed by atoms with E-state index in [0.29, 0.717) is 0 Å². The Bertz CT molecular complexity index is 614. The molecule has 0 aromatic heterocycles. The summed E-state index contributed by atoms with van der Waals surface area (Å²) < 4.78 is 0. The molecule has 0 saturated carbocycles. The topological polar surface area (TPSA) is 0 Å². The van der Waals surface area contributed by atoms with Crippen molar-refractivity contribution in [3.8, 4) is 0 Å². The fourth-order valence-electron chi connectivity index (χ4n) is 2.11. The molecule has 88 valence electrons. The molecule has 0 aliphatic carbocycles. The molecule has 0 saturated heterocycles. The summed E-state index contributed by atoms with van der Waals surface area (Å²) in [4.78, 5) is 0. The SMILES string of the molecule is Cc1cc2ccc3ccccc3c2[cH-]1.[Cl-].[Cl-].[Hf]. The van der Waals surface area contributed by atoms with Crippen LogP contribution in [0.5, 0.6) is 0 Å². The van der Waals surface area contributed by atoms with Gasteiger partial charge in [-0.3, -0.25) is 0 Å². The molecule has 0 fully saturated rings. The smallest absolute Gasteiger partial charge is 0 e. The Kier molecular flexibility index (Phi) is 6.53. The van der Waals surface area contributed by atoms with Crippen LogP contribution in [0.25, 0.3) is 21.5 Å². The van der Waals surface area contributed by atoms with Gasteiger partial charge < -0.3 is 24.8 Å². The Balaban J connectivity index is 0.000000853. The molecule has 0 N–H and O–H groups in total. The largest absolute Gasteiger partial charge is 1.00 e. The number of rotatable bonds is 0. The summed E-state index contributed by atoms with van der Waals surface area (Å²) in [5.41, 5.74) is 1.34. The van der Waals surface area contributed by atoms with E-state index in [4.69, 9.17) is 0 Å². The van der Waals surface area contributed by atoms with Crippen LogP contribution < -0.4 is 24.8 Å². The molecular weight excluding hydrogens is 418 g/mol. The molecule has 0 atom stereocenters. The second-order valence-corrected chi connectivity index (χ2v) is 3.82. The van der Waals surface area contributed by atoms with Gasteiger partial charge in [-0.1, -0.05) is 48.0 Å². The quantitative estimate of drug-likeness (QED) is 0.288. The molecule has 0 nitrogen and oxygen atoms in total. The molecule has 3 aromatic rings. The summed E-state index contributed by atoms with van der Waals surface area (Å²) in [5, 5.41) is 5.41. The molecule has 0 unspecified atom stereocenters. The van der Waals surface area contributed by atoms with Gasteiger partial charge in [-0.05, 0) is 0 Å². The first-order valence-corrected chi connectivity index (χ1v) is 4.89. The summed E-state index contributed by atoms with van der Waals surface area (Å²) in [6, 6.07) is 17.4. The summed E-state index contributed by atoms with van der Waals surface area (Å²) in [5.74, 6) is 0. The molecule has 0 aliphatic heterocycles. The van der Waals surface area contributed by atoms with Gasteiger partial charge >= 0.3 is 0 Å². The Labute approximate surface area is 132 Å². The van der Waals surface area contributed by atoms with E-state index >= 15 is 0 Å². The van der Waals surface area contributed by atoms with E-state index in [1.54, 1.807) is 0 Å². The van der Waals surface area contributed by atoms with Crippen LogP contribution >= 0.6 is 0 Å². The molecule has 0 radical (unpaired) electrons. The van der Waals surface area contributed by atoms with Crippen molar-refractivity contribution in [1.82, 2.24) is 0 Å². The van der Waals surface area contributed by atoms with Gasteiger partial charge in [0.1, 0.15) is 0 Å². The molecular formula is C14H11Cl2Hf-3.